The highest BCUT2D eigenvalue weighted by atomic mass is 16.3. The van der Waals surface area contributed by atoms with E-state index in [0.717, 1.165) is 31.7 Å². The Morgan fingerprint density at radius 3 is 2.50 bits per heavy atom. The first kappa shape index (κ1) is 15.1. The molecule has 1 heterocycles. The maximum atomic E-state index is 10.4. The second kappa shape index (κ2) is 6.95. The van der Waals surface area contributed by atoms with E-state index in [0.29, 0.717) is 0 Å². The van der Waals surface area contributed by atoms with Crippen LogP contribution in [-0.2, 0) is 6.54 Å². The minimum Gasteiger partial charge on any atom is -0.390 e. The fourth-order valence-corrected chi connectivity index (χ4v) is 3.01. The molecule has 1 aliphatic heterocycles. The van der Waals surface area contributed by atoms with Gasteiger partial charge >= 0.3 is 0 Å². The lowest BCUT2D eigenvalue weighted by Crippen LogP contribution is -2.49. The third-order valence-electron chi connectivity index (χ3n) is 4.32. The zero-order chi connectivity index (χ0) is 15.4. The van der Waals surface area contributed by atoms with Gasteiger partial charge in [0.1, 0.15) is 0 Å². The number of rotatable bonds is 4. The molecule has 1 aliphatic rings. The molecule has 2 aromatic carbocycles. The van der Waals surface area contributed by atoms with Gasteiger partial charge in [-0.05, 0) is 31.0 Å². The number of benzene rings is 2. The summed E-state index contributed by atoms with van der Waals surface area (Å²) in [6.07, 6.45) is 0.626. The lowest BCUT2D eigenvalue weighted by Gasteiger charge is -2.36. The number of likely N-dealkylation sites (tertiary alicyclic amines) is 1. The highest BCUT2D eigenvalue weighted by Crippen LogP contribution is 2.19. The summed E-state index contributed by atoms with van der Waals surface area (Å²) in [6.45, 7) is 4.73. The normalized spacial score (nSPS) is 22.5. The first-order chi connectivity index (χ1) is 10.7. The summed E-state index contributed by atoms with van der Waals surface area (Å²) < 4.78 is 0. The molecule has 0 saturated carbocycles. The third-order valence-corrected chi connectivity index (χ3v) is 4.32. The van der Waals surface area contributed by atoms with E-state index in [-0.39, 0.29) is 12.1 Å². The summed E-state index contributed by atoms with van der Waals surface area (Å²) in [5.41, 5.74) is 3.65. The van der Waals surface area contributed by atoms with Crippen LogP contribution in [0.5, 0.6) is 0 Å². The highest BCUT2D eigenvalue weighted by molar-refractivity contribution is 5.45. The number of aliphatic hydroxyl groups excluding tert-OH is 1. The Labute approximate surface area is 132 Å². The fraction of sp³-hybridized carbons (Fsp3) is 0.368. The molecule has 116 valence electrons. The minimum atomic E-state index is -0.334. The zero-order valence-corrected chi connectivity index (χ0v) is 13.1. The number of piperidine rings is 1. The van der Waals surface area contributed by atoms with E-state index >= 15 is 0 Å². The Hall–Kier alpha value is -1.84. The van der Waals surface area contributed by atoms with Crippen LogP contribution >= 0.6 is 0 Å². The van der Waals surface area contributed by atoms with Crippen molar-refractivity contribution in [3.05, 3.63) is 65.7 Å². The quantitative estimate of drug-likeness (QED) is 0.910. The lowest BCUT2D eigenvalue weighted by molar-refractivity contribution is 0.0562. The molecule has 2 N–H and O–H groups in total. The molecule has 2 unspecified atom stereocenters. The molecule has 2 atom stereocenters. The monoisotopic (exact) mass is 296 g/mol. The van der Waals surface area contributed by atoms with E-state index in [9.17, 15) is 5.11 Å². The van der Waals surface area contributed by atoms with Crippen molar-refractivity contribution in [3.8, 4) is 0 Å². The number of anilines is 1. The first-order valence-electron chi connectivity index (χ1n) is 7.98. The number of β-amino-alcohol motifs (C(OH)–C–C–N with tert-alkyl or cyclic N) is 1. The molecular weight excluding hydrogens is 272 g/mol. The molecular formula is C19H24N2O. The maximum Gasteiger partial charge on any atom is 0.0868 e. The predicted molar refractivity (Wildman–Crippen MR) is 90.9 cm³/mol. The van der Waals surface area contributed by atoms with Gasteiger partial charge in [-0.15, -0.1) is 0 Å². The highest BCUT2D eigenvalue weighted by Gasteiger charge is 2.27. The van der Waals surface area contributed by atoms with Crippen molar-refractivity contribution in [2.24, 2.45) is 0 Å². The van der Waals surface area contributed by atoms with Crippen LogP contribution in [0.2, 0.25) is 0 Å². The van der Waals surface area contributed by atoms with Crippen molar-refractivity contribution < 1.29 is 5.11 Å². The van der Waals surface area contributed by atoms with Crippen LogP contribution < -0.4 is 5.32 Å². The zero-order valence-electron chi connectivity index (χ0n) is 13.1. The van der Waals surface area contributed by atoms with Crippen LogP contribution in [0.3, 0.4) is 0 Å². The average Bonchev–Trinajstić information content (AvgIpc) is 2.53. The Morgan fingerprint density at radius 1 is 1.09 bits per heavy atom. The third kappa shape index (κ3) is 3.87. The smallest absolute Gasteiger partial charge is 0.0868 e. The SMILES string of the molecule is Cc1ccc(NC2CCN(Cc3ccccc3)CC2O)cc1. The number of nitrogens with one attached hydrogen (secondary N) is 1. The molecule has 1 saturated heterocycles. The van der Waals surface area contributed by atoms with Crippen molar-refractivity contribution in [3.63, 3.8) is 0 Å². The van der Waals surface area contributed by atoms with Gasteiger partial charge in [0.2, 0.25) is 0 Å². The molecule has 0 amide bonds. The van der Waals surface area contributed by atoms with Crippen molar-refractivity contribution in [2.75, 3.05) is 18.4 Å². The van der Waals surface area contributed by atoms with Gasteiger partial charge in [-0.25, -0.2) is 0 Å². The van der Waals surface area contributed by atoms with Crippen molar-refractivity contribution in [1.29, 1.82) is 0 Å². The van der Waals surface area contributed by atoms with Crippen LogP contribution in [0.25, 0.3) is 0 Å². The predicted octanol–water partition coefficient (Wildman–Crippen LogP) is 3.04. The van der Waals surface area contributed by atoms with Crippen LogP contribution in [0, 0.1) is 6.92 Å². The molecule has 0 aliphatic carbocycles. The van der Waals surface area contributed by atoms with Gasteiger partial charge in [-0.2, -0.15) is 0 Å². The van der Waals surface area contributed by atoms with Gasteiger partial charge in [-0.1, -0.05) is 48.0 Å². The van der Waals surface area contributed by atoms with E-state index in [1.165, 1.54) is 11.1 Å². The van der Waals surface area contributed by atoms with Gasteiger partial charge in [-0.3, -0.25) is 4.90 Å². The van der Waals surface area contributed by atoms with E-state index < -0.39 is 0 Å². The molecule has 0 spiro atoms. The van der Waals surface area contributed by atoms with Crippen molar-refractivity contribution in [1.82, 2.24) is 4.90 Å². The standard InChI is InChI=1S/C19H24N2O/c1-15-7-9-17(10-8-15)20-18-11-12-21(14-19(18)22)13-16-5-3-2-4-6-16/h2-10,18-20,22H,11-14H2,1H3. The Morgan fingerprint density at radius 2 is 1.82 bits per heavy atom. The van der Waals surface area contributed by atoms with Gasteiger partial charge < -0.3 is 10.4 Å². The summed E-state index contributed by atoms with van der Waals surface area (Å²) in [7, 11) is 0. The number of hydrogen-bond donors (Lipinski definition) is 2. The Balaban J connectivity index is 1.54. The second-order valence-electron chi connectivity index (χ2n) is 6.19. The first-order valence-corrected chi connectivity index (χ1v) is 7.98. The topological polar surface area (TPSA) is 35.5 Å². The molecule has 2 aromatic rings. The number of aliphatic hydroxyl groups is 1. The van der Waals surface area contributed by atoms with Gasteiger partial charge in [0, 0.05) is 25.3 Å². The molecule has 0 bridgehead atoms. The Kier molecular flexibility index (Phi) is 4.76. The molecule has 0 radical (unpaired) electrons. The van der Waals surface area contributed by atoms with Crippen molar-refractivity contribution >= 4 is 5.69 Å². The number of nitrogens with zero attached hydrogens (tertiary/aromatic N) is 1. The fourth-order valence-electron chi connectivity index (χ4n) is 3.01. The second-order valence-corrected chi connectivity index (χ2v) is 6.19. The summed E-state index contributed by atoms with van der Waals surface area (Å²) in [6, 6.07) is 18.9. The molecule has 1 fully saturated rings. The van der Waals surface area contributed by atoms with Gasteiger partial charge in [0.25, 0.3) is 0 Å². The molecule has 22 heavy (non-hydrogen) atoms. The Bertz CT molecular complexity index is 582. The molecule has 3 nitrogen and oxygen atoms in total. The van der Waals surface area contributed by atoms with Crippen LogP contribution in [0.1, 0.15) is 17.5 Å². The van der Waals surface area contributed by atoms with E-state index in [1.807, 2.05) is 6.07 Å². The van der Waals surface area contributed by atoms with Crippen LogP contribution in [0.15, 0.2) is 54.6 Å². The van der Waals surface area contributed by atoms with Gasteiger partial charge in [0.15, 0.2) is 0 Å². The summed E-state index contributed by atoms with van der Waals surface area (Å²) in [5.74, 6) is 0. The van der Waals surface area contributed by atoms with Crippen LogP contribution in [0.4, 0.5) is 5.69 Å². The van der Waals surface area contributed by atoms with E-state index in [1.54, 1.807) is 0 Å². The van der Waals surface area contributed by atoms with E-state index in [4.69, 9.17) is 0 Å². The number of hydrogen-bond acceptors (Lipinski definition) is 3. The van der Waals surface area contributed by atoms with Crippen LogP contribution in [-0.4, -0.2) is 35.2 Å². The maximum absolute atomic E-state index is 10.4. The molecule has 3 heteroatoms. The molecule has 0 aromatic heterocycles. The van der Waals surface area contributed by atoms with Crippen molar-refractivity contribution in [2.45, 2.75) is 32.0 Å². The van der Waals surface area contributed by atoms with E-state index in [2.05, 4.69) is 65.7 Å². The largest absolute Gasteiger partial charge is 0.390 e. The number of aryl methyl sites for hydroxylation is 1. The molecule has 3 rings (SSSR count). The lowest BCUT2D eigenvalue weighted by atomic mass is 10.0. The summed E-state index contributed by atoms with van der Waals surface area (Å²) in [5, 5.41) is 13.9. The minimum absolute atomic E-state index is 0.134. The average molecular weight is 296 g/mol. The summed E-state index contributed by atoms with van der Waals surface area (Å²) >= 11 is 0. The summed E-state index contributed by atoms with van der Waals surface area (Å²) in [4.78, 5) is 2.33. The van der Waals surface area contributed by atoms with Gasteiger partial charge in [0.05, 0.1) is 12.1 Å².